The Kier molecular flexibility index (Phi) is 8.88. The molecule has 1 aromatic heterocycles. The molecular weight excluding hydrogens is 637 g/mol. The zero-order chi connectivity index (χ0) is 35.0. The Morgan fingerprint density at radius 2 is 1.62 bits per heavy atom. The first-order valence-corrected chi connectivity index (χ1v) is 16.9. The van der Waals surface area contributed by atoms with Crippen LogP contribution in [0.15, 0.2) is 60.7 Å². The van der Waals surface area contributed by atoms with Gasteiger partial charge in [-0.15, -0.1) is 5.10 Å². The summed E-state index contributed by atoms with van der Waals surface area (Å²) in [5.41, 5.74) is 4.47. The lowest BCUT2D eigenvalue weighted by Gasteiger charge is -2.38. The molecule has 3 amide bonds. The number of hydrogen-bond acceptors (Lipinski definition) is 8. The lowest BCUT2D eigenvalue weighted by molar-refractivity contribution is -0.131. The van der Waals surface area contributed by atoms with E-state index in [-0.39, 0.29) is 42.2 Å². The number of carbonyl (C=O) groups is 3. The van der Waals surface area contributed by atoms with E-state index in [9.17, 15) is 24.0 Å². The molecule has 3 aliphatic rings. The molecule has 7 rings (SSSR count). The van der Waals surface area contributed by atoms with Crippen LogP contribution in [0.1, 0.15) is 73.6 Å². The highest BCUT2D eigenvalue weighted by atomic mass is 19.1. The van der Waals surface area contributed by atoms with Gasteiger partial charge in [0.15, 0.2) is 5.82 Å². The second-order valence-electron chi connectivity index (χ2n) is 13.4. The highest BCUT2D eigenvalue weighted by Gasteiger charge is 2.54. The Morgan fingerprint density at radius 3 is 2.18 bits per heavy atom. The van der Waals surface area contributed by atoms with Crippen molar-refractivity contribution in [2.75, 3.05) is 20.6 Å². The third-order valence-electron chi connectivity index (χ3n) is 10.6. The van der Waals surface area contributed by atoms with Gasteiger partial charge in [0.05, 0.1) is 18.0 Å². The summed E-state index contributed by atoms with van der Waals surface area (Å²) in [6, 6.07) is 19.1. The van der Waals surface area contributed by atoms with E-state index in [1.807, 2.05) is 24.3 Å². The molecule has 3 aromatic carbocycles. The summed E-state index contributed by atoms with van der Waals surface area (Å²) >= 11 is 0. The van der Waals surface area contributed by atoms with Gasteiger partial charge in [0, 0.05) is 37.3 Å². The first-order chi connectivity index (χ1) is 24.2. The largest absolute Gasteiger partial charge is 0.355 e. The van der Waals surface area contributed by atoms with Crippen molar-refractivity contribution in [1.29, 1.82) is 5.26 Å². The van der Waals surface area contributed by atoms with E-state index in [1.54, 1.807) is 43.3 Å². The van der Waals surface area contributed by atoms with Crippen LogP contribution in [0.2, 0.25) is 0 Å². The highest BCUT2D eigenvalue weighted by Crippen LogP contribution is 2.48. The van der Waals surface area contributed by atoms with Gasteiger partial charge >= 0.3 is 0 Å². The van der Waals surface area contributed by atoms with Crippen molar-refractivity contribution in [3.8, 4) is 6.07 Å². The average Bonchev–Trinajstić information content (AvgIpc) is 3.52. The van der Waals surface area contributed by atoms with E-state index >= 15 is 0 Å². The number of nitriles is 1. The number of amides is 3. The van der Waals surface area contributed by atoms with Crippen LogP contribution in [0.25, 0.3) is 0 Å². The second kappa shape index (κ2) is 13.4. The molecule has 256 valence electrons. The lowest BCUT2D eigenvalue weighted by Crippen LogP contribution is -2.48. The van der Waals surface area contributed by atoms with Crippen LogP contribution in [0.4, 0.5) is 4.39 Å². The molecule has 0 spiro atoms. The monoisotopic (exact) mass is 675 g/mol. The predicted octanol–water partition coefficient (Wildman–Crippen LogP) is 2.59. The van der Waals surface area contributed by atoms with Crippen molar-refractivity contribution in [3.05, 3.63) is 111 Å². The van der Waals surface area contributed by atoms with Crippen molar-refractivity contribution < 1.29 is 18.8 Å². The zero-order valence-corrected chi connectivity index (χ0v) is 27.9. The molecule has 4 N–H and O–H groups in total. The number of halogens is 1. The number of aromatic amines is 1. The van der Waals surface area contributed by atoms with Gasteiger partial charge in [0.2, 0.25) is 5.91 Å². The number of tetrazole rings is 1. The fourth-order valence-corrected chi connectivity index (χ4v) is 8.08. The van der Waals surface area contributed by atoms with Crippen LogP contribution in [-0.2, 0) is 29.5 Å². The van der Waals surface area contributed by atoms with Crippen LogP contribution < -0.4 is 16.0 Å². The summed E-state index contributed by atoms with van der Waals surface area (Å²) in [6.07, 6.45) is 3.57. The average molecular weight is 676 g/mol. The van der Waals surface area contributed by atoms with Gasteiger partial charge < -0.3 is 20.9 Å². The van der Waals surface area contributed by atoms with E-state index in [2.05, 4.69) is 42.6 Å². The van der Waals surface area contributed by atoms with Crippen LogP contribution >= 0.6 is 0 Å². The minimum Gasteiger partial charge on any atom is -0.355 e. The molecule has 1 unspecified atom stereocenters. The Labute approximate surface area is 288 Å². The third kappa shape index (κ3) is 6.00. The first kappa shape index (κ1) is 33.0. The molecule has 4 aromatic rings. The number of likely N-dealkylation sites (tertiary alicyclic amines) is 1. The summed E-state index contributed by atoms with van der Waals surface area (Å²) in [6.45, 7) is 0.00291. The lowest BCUT2D eigenvalue weighted by atomic mass is 9.67. The van der Waals surface area contributed by atoms with E-state index < -0.39 is 11.5 Å². The third-order valence-corrected chi connectivity index (χ3v) is 10.6. The topological polar surface area (TPSA) is 169 Å². The molecule has 2 aliphatic carbocycles. The number of nitrogens with one attached hydrogen (secondary N) is 4. The van der Waals surface area contributed by atoms with Crippen LogP contribution in [0.5, 0.6) is 0 Å². The Morgan fingerprint density at radius 1 is 0.980 bits per heavy atom. The minimum atomic E-state index is -1.03. The molecule has 4 atom stereocenters. The quantitative estimate of drug-likeness (QED) is 0.199. The van der Waals surface area contributed by atoms with Gasteiger partial charge in [0.1, 0.15) is 11.9 Å². The standard InChI is InChI=1S/C37H38FN9O3/c1-40-34(49)24-7-11-30-22(14-24)5-6-23-15-25(35(50)41-2)8-12-31(23)37(30,36-43-45-46-44-36)18-28(13-21-3-9-27(38)10-4-21)42-20-33(48)47-29(19-39)16-26-17-32(26)47/h3-4,7-12,14-15,26,28-29,32,42H,5-6,13,16-18,20H2,1-2H3,(H,40,49)(H,41,50)(H,43,44,45,46)/t26-,28+,29?,32+/m1/s1. The number of piperidine rings is 1. The molecule has 12 nitrogen and oxygen atoms in total. The molecule has 13 heteroatoms. The smallest absolute Gasteiger partial charge is 0.251 e. The van der Waals surface area contributed by atoms with Crippen molar-refractivity contribution in [2.45, 2.75) is 62.1 Å². The Balaban J connectivity index is 1.36. The molecule has 0 bridgehead atoms. The summed E-state index contributed by atoms with van der Waals surface area (Å²) in [4.78, 5) is 41.0. The maximum absolute atomic E-state index is 14.0. The number of H-pyrrole nitrogens is 1. The van der Waals surface area contributed by atoms with E-state index in [4.69, 9.17) is 0 Å². The van der Waals surface area contributed by atoms with Crippen LogP contribution in [0, 0.1) is 23.1 Å². The summed E-state index contributed by atoms with van der Waals surface area (Å²) < 4.78 is 14.0. The van der Waals surface area contributed by atoms with Crippen LogP contribution in [0.3, 0.4) is 0 Å². The normalized spacial score (nSPS) is 20.4. The first-order valence-electron chi connectivity index (χ1n) is 16.9. The Bertz CT molecular complexity index is 1910. The van der Waals surface area contributed by atoms with Gasteiger partial charge in [-0.2, -0.15) is 5.26 Å². The molecule has 50 heavy (non-hydrogen) atoms. The number of aryl methyl sites for hydroxylation is 2. The van der Waals surface area contributed by atoms with Crippen molar-refractivity contribution in [1.82, 2.24) is 41.5 Å². The molecular formula is C37H38FN9O3. The van der Waals surface area contributed by atoms with Crippen LogP contribution in [-0.4, -0.2) is 82.0 Å². The number of aromatic nitrogens is 4. The van der Waals surface area contributed by atoms with E-state index in [0.717, 1.165) is 34.2 Å². The SMILES string of the molecule is CNC(=O)c1ccc2c(c1)CCc1cc(C(=O)NC)ccc1C2(C[C@H](Cc1ccc(F)cc1)NCC(=O)N1C(C#N)C[C@@H]2C[C@@H]21)c1nnn[nH]1. The molecule has 1 aliphatic heterocycles. The maximum Gasteiger partial charge on any atom is 0.251 e. The number of nitrogens with zero attached hydrogens (tertiary/aromatic N) is 5. The fourth-order valence-electron chi connectivity index (χ4n) is 8.08. The van der Waals surface area contributed by atoms with Gasteiger partial charge in [-0.1, -0.05) is 24.3 Å². The number of hydrogen-bond donors (Lipinski definition) is 4. The molecule has 2 fully saturated rings. The Hall–Kier alpha value is -5.48. The second-order valence-corrected chi connectivity index (χ2v) is 13.4. The molecule has 1 saturated carbocycles. The summed E-state index contributed by atoms with van der Waals surface area (Å²) in [5, 5.41) is 34.2. The number of benzene rings is 3. The zero-order valence-electron chi connectivity index (χ0n) is 27.9. The van der Waals surface area contributed by atoms with Gasteiger partial charge in [-0.25, -0.2) is 9.49 Å². The summed E-state index contributed by atoms with van der Waals surface area (Å²) in [5.74, 6) is -0.0584. The van der Waals surface area contributed by atoms with Gasteiger partial charge in [-0.3, -0.25) is 14.4 Å². The van der Waals surface area contributed by atoms with E-state index in [1.165, 1.54) is 12.1 Å². The predicted molar refractivity (Wildman–Crippen MR) is 180 cm³/mol. The molecule has 0 radical (unpaired) electrons. The number of carbonyl (C=O) groups excluding carboxylic acids is 3. The highest BCUT2D eigenvalue weighted by molar-refractivity contribution is 5.95. The van der Waals surface area contributed by atoms with Crippen molar-refractivity contribution >= 4 is 17.7 Å². The van der Waals surface area contributed by atoms with Crippen molar-refractivity contribution in [2.24, 2.45) is 5.92 Å². The maximum atomic E-state index is 14.0. The fraction of sp³-hybridized carbons (Fsp3) is 0.378. The van der Waals surface area contributed by atoms with Crippen molar-refractivity contribution in [3.63, 3.8) is 0 Å². The molecule has 1 saturated heterocycles. The van der Waals surface area contributed by atoms with Gasteiger partial charge in [0.25, 0.3) is 11.8 Å². The van der Waals surface area contributed by atoms with E-state index in [0.29, 0.717) is 55.0 Å². The molecule has 2 heterocycles. The number of fused-ring (bicyclic) bond motifs is 3. The number of rotatable bonds is 10. The van der Waals surface area contributed by atoms with Gasteiger partial charge in [-0.05, 0) is 119 Å². The summed E-state index contributed by atoms with van der Waals surface area (Å²) in [7, 11) is 3.18. The minimum absolute atomic E-state index is 0.00291.